The number of nitrogens with two attached hydrogens (primary N) is 1. The number of aliphatic imine (C=N–C) groups is 1. The van der Waals surface area contributed by atoms with Crippen LogP contribution in [0.3, 0.4) is 0 Å². The number of primary amides is 1. The summed E-state index contributed by atoms with van der Waals surface area (Å²) in [5.41, 5.74) is 12.8. The maximum atomic E-state index is 11.9. The number of anilines is 1. The van der Waals surface area contributed by atoms with E-state index in [0.29, 0.717) is 18.4 Å². The Bertz CT molecular complexity index is 1240. The Balaban J connectivity index is 1.55. The van der Waals surface area contributed by atoms with Gasteiger partial charge in [-0.3, -0.25) is 4.79 Å². The van der Waals surface area contributed by atoms with E-state index in [1.807, 2.05) is 36.4 Å². The van der Waals surface area contributed by atoms with Crippen molar-refractivity contribution in [3.8, 4) is 17.1 Å². The van der Waals surface area contributed by atoms with E-state index >= 15 is 0 Å². The van der Waals surface area contributed by atoms with Gasteiger partial charge in [-0.05, 0) is 38.0 Å². The lowest BCUT2D eigenvalue weighted by molar-refractivity contribution is -0.119. The number of carbonyl (C=O) groups excluding carboxylic acids is 1. The first-order chi connectivity index (χ1) is 16.1. The summed E-state index contributed by atoms with van der Waals surface area (Å²) in [4.78, 5) is 20.9. The van der Waals surface area contributed by atoms with Gasteiger partial charge in [0.15, 0.2) is 5.84 Å². The number of nitrogens with one attached hydrogen (secondary N) is 2. The highest BCUT2D eigenvalue weighted by Crippen LogP contribution is 2.38. The summed E-state index contributed by atoms with van der Waals surface area (Å²) in [5.74, 6) is 2.13. The lowest BCUT2D eigenvalue weighted by atomic mass is 10.1. The van der Waals surface area contributed by atoms with Gasteiger partial charge < -0.3 is 25.8 Å². The van der Waals surface area contributed by atoms with E-state index in [1.54, 1.807) is 7.05 Å². The van der Waals surface area contributed by atoms with E-state index in [4.69, 9.17) is 15.5 Å². The molecular formula is C24H27N7O2. The summed E-state index contributed by atoms with van der Waals surface area (Å²) in [6, 6.07) is 11.5. The molecule has 1 aliphatic carbocycles. The molecule has 33 heavy (non-hydrogen) atoms. The third-order valence-electron chi connectivity index (χ3n) is 6.08. The number of imidazole rings is 1. The van der Waals surface area contributed by atoms with E-state index in [0.717, 1.165) is 65.2 Å². The summed E-state index contributed by atoms with van der Waals surface area (Å²) >= 11 is 0. The number of hydrogen-bond acceptors (Lipinski definition) is 6. The van der Waals surface area contributed by atoms with Crippen LogP contribution in [0, 0.1) is 5.92 Å². The summed E-state index contributed by atoms with van der Waals surface area (Å²) < 4.78 is 8.27. The lowest BCUT2D eigenvalue weighted by Gasteiger charge is -2.17. The smallest absolute Gasteiger partial charge is 0.240 e. The van der Waals surface area contributed by atoms with Crippen molar-refractivity contribution < 1.29 is 9.53 Å². The molecule has 9 heteroatoms. The Kier molecular flexibility index (Phi) is 5.45. The fourth-order valence-corrected chi connectivity index (χ4v) is 4.36. The first kappa shape index (κ1) is 21.0. The predicted molar refractivity (Wildman–Crippen MR) is 130 cm³/mol. The van der Waals surface area contributed by atoms with Crippen molar-refractivity contribution >= 4 is 35.2 Å². The molecule has 5 rings (SSSR count). The molecule has 1 aromatic heterocycles. The first-order valence-electron chi connectivity index (χ1n) is 11.1. The Morgan fingerprint density at radius 1 is 1.30 bits per heavy atom. The fourth-order valence-electron chi connectivity index (χ4n) is 4.36. The zero-order chi connectivity index (χ0) is 22.9. The highest BCUT2D eigenvalue weighted by Gasteiger charge is 2.35. The molecule has 1 aliphatic heterocycles. The van der Waals surface area contributed by atoms with Gasteiger partial charge >= 0.3 is 0 Å². The molecule has 2 aromatic carbocycles. The van der Waals surface area contributed by atoms with Gasteiger partial charge in [0, 0.05) is 36.5 Å². The van der Waals surface area contributed by atoms with Gasteiger partial charge in [0.25, 0.3) is 0 Å². The van der Waals surface area contributed by atoms with E-state index in [-0.39, 0.29) is 11.9 Å². The average molecular weight is 446 g/mol. The van der Waals surface area contributed by atoms with Gasteiger partial charge in [0.2, 0.25) is 5.91 Å². The Labute approximate surface area is 191 Å². The highest BCUT2D eigenvalue weighted by atomic mass is 16.5. The number of carbonyl (C=O) groups is 1. The largest absolute Gasteiger partial charge is 0.491 e. The number of nitrogens with zero attached hydrogens (tertiary/aromatic N) is 4. The maximum absolute atomic E-state index is 11.9. The van der Waals surface area contributed by atoms with Gasteiger partial charge in [0.1, 0.15) is 23.1 Å². The molecule has 1 saturated carbocycles. The molecule has 9 nitrogen and oxygen atoms in total. The second-order valence-corrected chi connectivity index (χ2v) is 8.39. The molecule has 4 N–H and O–H groups in total. The molecule has 2 heterocycles. The monoisotopic (exact) mass is 445 g/mol. The number of aryl methyl sites for hydroxylation is 1. The predicted octanol–water partition coefficient (Wildman–Crippen LogP) is 2.74. The topological polar surface area (TPSA) is 119 Å². The summed E-state index contributed by atoms with van der Waals surface area (Å²) in [5, 5.41) is 7.46. The molecule has 0 unspecified atom stereocenters. The summed E-state index contributed by atoms with van der Waals surface area (Å²) in [7, 11) is 1.72. The van der Waals surface area contributed by atoms with Crippen LogP contribution in [0.25, 0.3) is 22.4 Å². The second-order valence-electron chi connectivity index (χ2n) is 8.39. The molecule has 0 bridgehead atoms. The number of amidine groups is 1. The standard InChI is InChI=1S/C24H27N7O2/c1-26-23(30-27-2)15-6-8-16(9-7-15)24-29-18-12-17(28-20(22(25)32)14-4-5-14)13-19-21(18)31(24)10-3-11-33-19/h6-9,12-14,20,27-28H,1,3-5,10-11H2,2H3,(H2,25,32)/b30-23-/t20-/m0/s1. The van der Waals surface area contributed by atoms with Crippen LogP contribution in [0.4, 0.5) is 5.69 Å². The van der Waals surface area contributed by atoms with Gasteiger partial charge in [-0.2, -0.15) is 5.10 Å². The zero-order valence-electron chi connectivity index (χ0n) is 18.5. The SMILES string of the molecule is C=N/C(=N\NC)c1ccc(-c2nc3cc(N[C@H](C(N)=O)C4CC4)cc4c3n2CCCO4)cc1. The minimum atomic E-state index is -0.374. The minimum absolute atomic E-state index is 0.297. The van der Waals surface area contributed by atoms with E-state index in [1.165, 1.54) is 0 Å². The molecule has 3 aromatic rings. The molecule has 0 spiro atoms. The number of ether oxygens (including phenoxy) is 1. The Hall–Kier alpha value is -3.88. The molecule has 170 valence electrons. The molecule has 0 saturated heterocycles. The Morgan fingerprint density at radius 2 is 2.09 bits per heavy atom. The average Bonchev–Trinajstić information content (AvgIpc) is 3.62. The lowest BCUT2D eigenvalue weighted by Crippen LogP contribution is -2.37. The van der Waals surface area contributed by atoms with Crippen LogP contribution in [-0.2, 0) is 11.3 Å². The van der Waals surface area contributed by atoms with Crippen molar-refractivity contribution in [3.05, 3.63) is 42.0 Å². The highest BCUT2D eigenvalue weighted by molar-refractivity contribution is 6.01. The van der Waals surface area contributed by atoms with E-state index in [2.05, 4.69) is 32.1 Å². The van der Waals surface area contributed by atoms with Gasteiger partial charge in [-0.15, -0.1) is 0 Å². The summed E-state index contributed by atoms with van der Waals surface area (Å²) in [6.07, 6.45) is 2.91. The second kappa shape index (κ2) is 8.57. The van der Waals surface area contributed by atoms with Crippen molar-refractivity contribution in [1.82, 2.24) is 15.0 Å². The normalized spacial score (nSPS) is 16.6. The van der Waals surface area contributed by atoms with Crippen LogP contribution in [0.15, 0.2) is 46.5 Å². The van der Waals surface area contributed by atoms with Crippen molar-refractivity contribution in [1.29, 1.82) is 0 Å². The minimum Gasteiger partial charge on any atom is -0.491 e. The van der Waals surface area contributed by atoms with Crippen molar-refractivity contribution in [2.75, 3.05) is 19.0 Å². The third kappa shape index (κ3) is 4.02. The van der Waals surface area contributed by atoms with Crippen LogP contribution < -0.4 is 21.2 Å². The van der Waals surface area contributed by atoms with Crippen molar-refractivity contribution in [3.63, 3.8) is 0 Å². The summed E-state index contributed by atoms with van der Waals surface area (Å²) in [6.45, 7) is 5.01. The first-order valence-corrected chi connectivity index (χ1v) is 11.1. The van der Waals surface area contributed by atoms with Gasteiger partial charge in [-0.25, -0.2) is 9.98 Å². The molecule has 1 atom stereocenters. The van der Waals surface area contributed by atoms with Gasteiger partial charge in [-0.1, -0.05) is 24.3 Å². The van der Waals surface area contributed by atoms with E-state index in [9.17, 15) is 4.79 Å². The van der Waals surface area contributed by atoms with Crippen LogP contribution >= 0.6 is 0 Å². The fraction of sp³-hybridized carbons (Fsp3) is 0.333. The van der Waals surface area contributed by atoms with Gasteiger partial charge in [0.05, 0.1) is 12.1 Å². The zero-order valence-corrected chi connectivity index (χ0v) is 18.5. The van der Waals surface area contributed by atoms with Crippen LogP contribution in [0.1, 0.15) is 24.8 Å². The van der Waals surface area contributed by atoms with E-state index < -0.39 is 0 Å². The van der Waals surface area contributed by atoms with Crippen LogP contribution in [-0.4, -0.2) is 47.7 Å². The van der Waals surface area contributed by atoms with Crippen molar-refractivity contribution in [2.24, 2.45) is 21.7 Å². The maximum Gasteiger partial charge on any atom is 0.240 e. The number of benzene rings is 2. The number of rotatable bonds is 7. The number of hydrogen-bond donors (Lipinski definition) is 3. The van der Waals surface area contributed by atoms with Crippen LogP contribution in [0.2, 0.25) is 0 Å². The molecule has 0 radical (unpaired) electrons. The third-order valence-corrected chi connectivity index (χ3v) is 6.08. The molecule has 1 amide bonds. The molecule has 2 aliphatic rings. The number of amides is 1. The number of aromatic nitrogens is 2. The van der Waals surface area contributed by atoms with Crippen molar-refractivity contribution in [2.45, 2.75) is 31.8 Å². The Morgan fingerprint density at radius 3 is 2.76 bits per heavy atom. The quantitative estimate of drug-likeness (QED) is 0.294. The molecular weight excluding hydrogens is 418 g/mol. The van der Waals surface area contributed by atoms with Crippen LogP contribution in [0.5, 0.6) is 5.75 Å². The molecule has 1 fully saturated rings. The number of hydrazone groups is 1.